The summed E-state index contributed by atoms with van der Waals surface area (Å²) in [5.74, 6) is -1.54. The third-order valence-electron chi connectivity index (χ3n) is 4.69. The number of aliphatic hydroxyl groups excluding tert-OH is 1. The quantitative estimate of drug-likeness (QED) is 0.555. The van der Waals surface area contributed by atoms with Gasteiger partial charge in [-0.2, -0.15) is 0 Å². The summed E-state index contributed by atoms with van der Waals surface area (Å²) in [5.41, 5.74) is 7.02. The van der Waals surface area contributed by atoms with Gasteiger partial charge >= 0.3 is 5.97 Å². The number of hydrogen-bond acceptors (Lipinski definition) is 6. The second-order valence-electron chi connectivity index (χ2n) is 6.74. The van der Waals surface area contributed by atoms with Crippen molar-refractivity contribution in [2.24, 2.45) is 5.73 Å². The molecule has 0 aliphatic carbocycles. The highest BCUT2D eigenvalue weighted by Crippen LogP contribution is 2.19. The number of aliphatic hydroxyl groups is 1. The fourth-order valence-corrected chi connectivity index (χ4v) is 3.22. The monoisotopic (exact) mass is 377 g/mol. The first-order valence-electron chi connectivity index (χ1n) is 9.01. The lowest BCUT2D eigenvalue weighted by atomic mass is 10.0. The number of nitrogens with one attached hydrogen (secondary N) is 1. The Hall–Kier alpha value is -2.45. The van der Waals surface area contributed by atoms with Crippen LogP contribution in [0, 0.1) is 0 Å². The minimum absolute atomic E-state index is 0.303. The third-order valence-corrected chi connectivity index (χ3v) is 4.69. The number of nitrogens with zero attached hydrogens (tertiary/aromatic N) is 1. The predicted molar refractivity (Wildman–Crippen MR) is 98.5 cm³/mol. The van der Waals surface area contributed by atoms with Gasteiger partial charge in [0.25, 0.3) is 0 Å². The van der Waals surface area contributed by atoms with Crippen LogP contribution in [-0.2, 0) is 25.5 Å². The van der Waals surface area contributed by atoms with E-state index < -0.39 is 36.1 Å². The maximum absolute atomic E-state index is 12.8. The molecule has 2 amide bonds. The molecule has 1 aromatic carbocycles. The van der Waals surface area contributed by atoms with Gasteiger partial charge in [0.05, 0.1) is 19.3 Å². The zero-order valence-electron chi connectivity index (χ0n) is 15.6. The Bertz CT molecular complexity index is 665. The van der Waals surface area contributed by atoms with Gasteiger partial charge in [-0.3, -0.25) is 9.59 Å². The second kappa shape index (κ2) is 9.48. The van der Waals surface area contributed by atoms with Crippen molar-refractivity contribution in [3.05, 3.63) is 35.9 Å². The Morgan fingerprint density at radius 3 is 2.59 bits per heavy atom. The number of esters is 1. The standard InChI is InChI=1S/C19H27N3O5/c1-12(23)16(19(26)27-2)21-17(24)15-9-6-10-22(15)18(25)14(20)11-13-7-4-3-5-8-13/h3-5,7-8,12,14-16,23H,6,9-11,20H2,1-2H3,(H,21,24)/t12-,14-,15-,16-/m0/s1. The molecule has 1 aliphatic rings. The van der Waals surface area contributed by atoms with E-state index in [1.165, 1.54) is 18.9 Å². The highest BCUT2D eigenvalue weighted by molar-refractivity contribution is 5.92. The number of carbonyl (C=O) groups is 3. The smallest absolute Gasteiger partial charge is 0.331 e. The van der Waals surface area contributed by atoms with Crippen LogP contribution in [0.2, 0.25) is 0 Å². The first-order chi connectivity index (χ1) is 12.8. The van der Waals surface area contributed by atoms with Crippen LogP contribution in [0.4, 0.5) is 0 Å². The van der Waals surface area contributed by atoms with Gasteiger partial charge in [-0.05, 0) is 31.7 Å². The molecule has 0 unspecified atom stereocenters. The number of rotatable bonds is 7. The van der Waals surface area contributed by atoms with Gasteiger partial charge in [-0.15, -0.1) is 0 Å². The maximum atomic E-state index is 12.8. The van der Waals surface area contributed by atoms with Crippen LogP contribution >= 0.6 is 0 Å². The van der Waals surface area contributed by atoms with Crippen LogP contribution in [0.15, 0.2) is 30.3 Å². The van der Waals surface area contributed by atoms with E-state index in [0.717, 1.165) is 5.56 Å². The van der Waals surface area contributed by atoms with Crippen molar-refractivity contribution in [1.82, 2.24) is 10.2 Å². The molecule has 148 valence electrons. The molecule has 8 heteroatoms. The normalized spacial score (nSPS) is 19.9. The summed E-state index contributed by atoms with van der Waals surface area (Å²) < 4.78 is 4.60. The van der Waals surface area contributed by atoms with E-state index in [2.05, 4.69) is 10.1 Å². The lowest BCUT2D eigenvalue weighted by Gasteiger charge is -2.28. The highest BCUT2D eigenvalue weighted by Gasteiger charge is 2.38. The molecule has 0 radical (unpaired) electrons. The van der Waals surface area contributed by atoms with Crippen molar-refractivity contribution in [3.8, 4) is 0 Å². The number of nitrogens with two attached hydrogens (primary N) is 1. The van der Waals surface area contributed by atoms with Crippen molar-refractivity contribution in [1.29, 1.82) is 0 Å². The summed E-state index contributed by atoms with van der Waals surface area (Å²) in [7, 11) is 1.18. The molecule has 1 fully saturated rings. The summed E-state index contributed by atoms with van der Waals surface area (Å²) in [6.45, 7) is 1.81. The molecule has 4 N–H and O–H groups in total. The number of ether oxygens (including phenoxy) is 1. The molecule has 1 aliphatic heterocycles. The van der Waals surface area contributed by atoms with E-state index in [-0.39, 0.29) is 5.91 Å². The SMILES string of the molecule is COC(=O)[C@@H](NC(=O)[C@@H]1CCCN1C(=O)[C@@H](N)Cc1ccccc1)[C@H](C)O. The second-order valence-corrected chi connectivity index (χ2v) is 6.74. The minimum Gasteiger partial charge on any atom is -0.467 e. The molecular weight excluding hydrogens is 350 g/mol. The Morgan fingerprint density at radius 1 is 1.33 bits per heavy atom. The van der Waals surface area contributed by atoms with Gasteiger partial charge in [-0.1, -0.05) is 30.3 Å². The van der Waals surface area contributed by atoms with Crippen LogP contribution in [0.1, 0.15) is 25.3 Å². The van der Waals surface area contributed by atoms with Crippen LogP contribution < -0.4 is 11.1 Å². The average molecular weight is 377 g/mol. The Morgan fingerprint density at radius 2 is 2.00 bits per heavy atom. The van der Waals surface area contributed by atoms with E-state index in [0.29, 0.717) is 25.8 Å². The summed E-state index contributed by atoms with van der Waals surface area (Å²) >= 11 is 0. The molecule has 0 aromatic heterocycles. The first-order valence-corrected chi connectivity index (χ1v) is 9.01. The van der Waals surface area contributed by atoms with Gasteiger partial charge in [0.15, 0.2) is 6.04 Å². The van der Waals surface area contributed by atoms with Crippen molar-refractivity contribution < 1.29 is 24.2 Å². The largest absolute Gasteiger partial charge is 0.467 e. The first kappa shape index (κ1) is 20.9. The van der Waals surface area contributed by atoms with Gasteiger partial charge in [0.2, 0.25) is 11.8 Å². The predicted octanol–water partition coefficient (Wildman–Crippen LogP) is -0.414. The number of likely N-dealkylation sites (tertiary alicyclic amines) is 1. The van der Waals surface area contributed by atoms with Crippen molar-refractivity contribution >= 4 is 17.8 Å². The van der Waals surface area contributed by atoms with E-state index >= 15 is 0 Å². The minimum atomic E-state index is -1.18. The topological polar surface area (TPSA) is 122 Å². The number of carbonyl (C=O) groups excluding carboxylic acids is 3. The van der Waals surface area contributed by atoms with Gasteiger partial charge in [0, 0.05) is 6.54 Å². The maximum Gasteiger partial charge on any atom is 0.331 e. The van der Waals surface area contributed by atoms with E-state index in [1.807, 2.05) is 30.3 Å². The zero-order chi connectivity index (χ0) is 20.0. The lowest BCUT2D eigenvalue weighted by molar-refractivity contribution is -0.149. The fraction of sp³-hybridized carbons (Fsp3) is 0.526. The summed E-state index contributed by atoms with van der Waals surface area (Å²) in [4.78, 5) is 38.6. The molecule has 4 atom stereocenters. The fourth-order valence-electron chi connectivity index (χ4n) is 3.22. The summed E-state index contributed by atoms with van der Waals surface area (Å²) in [6, 6.07) is 6.77. The number of methoxy groups -OCH3 is 1. The molecule has 27 heavy (non-hydrogen) atoms. The zero-order valence-corrected chi connectivity index (χ0v) is 15.6. The van der Waals surface area contributed by atoms with Gasteiger partial charge in [-0.25, -0.2) is 4.79 Å². The number of benzene rings is 1. The van der Waals surface area contributed by atoms with Crippen molar-refractivity contribution in [2.45, 2.75) is 50.4 Å². The average Bonchev–Trinajstić information content (AvgIpc) is 3.15. The van der Waals surface area contributed by atoms with Crippen LogP contribution in [0.5, 0.6) is 0 Å². The summed E-state index contributed by atoms with van der Waals surface area (Å²) in [5, 5.41) is 12.2. The number of hydrogen-bond donors (Lipinski definition) is 3. The Labute approximate surface area is 158 Å². The molecular formula is C19H27N3O5. The molecule has 1 heterocycles. The van der Waals surface area contributed by atoms with Crippen molar-refractivity contribution in [3.63, 3.8) is 0 Å². The number of amides is 2. The molecule has 0 spiro atoms. The third kappa shape index (κ3) is 5.27. The molecule has 8 nitrogen and oxygen atoms in total. The van der Waals surface area contributed by atoms with Gasteiger partial charge in [0.1, 0.15) is 6.04 Å². The van der Waals surface area contributed by atoms with E-state index in [9.17, 15) is 19.5 Å². The molecule has 1 saturated heterocycles. The van der Waals surface area contributed by atoms with Crippen molar-refractivity contribution in [2.75, 3.05) is 13.7 Å². The highest BCUT2D eigenvalue weighted by atomic mass is 16.5. The Kier molecular flexibility index (Phi) is 7.32. The van der Waals surface area contributed by atoms with Crippen LogP contribution in [-0.4, -0.2) is 65.7 Å². The van der Waals surface area contributed by atoms with Crippen LogP contribution in [0.3, 0.4) is 0 Å². The van der Waals surface area contributed by atoms with Crippen LogP contribution in [0.25, 0.3) is 0 Å². The lowest BCUT2D eigenvalue weighted by Crippen LogP contribution is -2.56. The van der Waals surface area contributed by atoms with E-state index in [4.69, 9.17) is 5.73 Å². The Balaban J connectivity index is 2.03. The molecule has 0 saturated carbocycles. The molecule has 0 bridgehead atoms. The summed E-state index contributed by atoms with van der Waals surface area (Å²) in [6.07, 6.45) is 0.401. The molecule has 2 rings (SSSR count). The van der Waals surface area contributed by atoms with E-state index in [1.54, 1.807) is 0 Å². The van der Waals surface area contributed by atoms with Gasteiger partial charge < -0.3 is 25.8 Å². The molecule has 1 aromatic rings.